The Bertz CT molecular complexity index is 382. The minimum absolute atomic E-state index is 0.0995. The van der Waals surface area contributed by atoms with Crippen molar-refractivity contribution in [3.63, 3.8) is 0 Å². The van der Waals surface area contributed by atoms with E-state index in [1.165, 1.54) is 6.07 Å². The van der Waals surface area contributed by atoms with Crippen molar-refractivity contribution in [2.75, 3.05) is 0 Å². The number of alkyl halides is 2. The summed E-state index contributed by atoms with van der Waals surface area (Å²) < 4.78 is 25.6. The molecule has 0 aliphatic carbocycles. The molecule has 0 unspecified atom stereocenters. The fraction of sp³-hybridized carbons (Fsp3) is 0.400. The SMILES string of the molecule is Cc1cc(O)c([C@@H](N)C(F)F)c(C)c1Br. The molecule has 0 bridgehead atoms. The summed E-state index contributed by atoms with van der Waals surface area (Å²) in [4.78, 5) is 0. The lowest BCUT2D eigenvalue weighted by molar-refractivity contribution is 0.115. The second kappa shape index (κ2) is 4.45. The average molecular weight is 280 g/mol. The summed E-state index contributed by atoms with van der Waals surface area (Å²) in [5.74, 6) is -0.180. The van der Waals surface area contributed by atoms with Crippen LogP contribution in [0.15, 0.2) is 10.5 Å². The van der Waals surface area contributed by atoms with Gasteiger partial charge < -0.3 is 10.8 Å². The van der Waals surface area contributed by atoms with Gasteiger partial charge in [-0.3, -0.25) is 0 Å². The Hall–Kier alpha value is -0.680. The van der Waals surface area contributed by atoms with Gasteiger partial charge in [0.15, 0.2) is 0 Å². The van der Waals surface area contributed by atoms with Gasteiger partial charge in [0.25, 0.3) is 6.43 Å². The van der Waals surface area contributed by atoms with E-state index in [4.69, 9.17) is 5.73 Å². The highest BCUT2D eigenvalue weighted by molar-refractivity contribution is 9.10. The highest BCUT2D eigenvalue weighted by Gasteiger charge is 2.24. The Kier molecular flexibility index (Phi) is 3.67. The molecule has 0 saturated carbocycles. The average Bonchev–Trinajstić information content (AvgIpc) is 2.14. The van der Waals surface area contributed by atoms with Crippen LogP contribution in [-0.2, 0) is 0 Å². The largest absolute Gasteiger partial charge is 0.508 e. The molecule has 0 radical (unpaired) electrons. The van der Waals surface area contributed by atoms with Crippen LogP contribution in [-0.4, -0.2) is 11.5 Å². The van der Waals surface area contributed by atoms with Crippen molar-refractivity contribution >= 4 is 15.9 Å². The van der Waals surface area contributed by atoms with E-state index in [1.807, 2.05) is 0 Å². The summed E-state index contributed by atoms with van der Waals surface area (Å²) in [7, 11) is 0. The molecule has 3 N–H and O–H groups in total. The van der Waals surface area contributed by atoms with Crippen LogP contribution >= 0.6 is 15.9 Å². The van der Waals surface area contributed by atoms with Crippen molar-refractivity contribution in [3.8, 4) is 5.75 Å². The molecule has 0 aliphatic rings. The van der Waals surface area contributed by atoms with Crippen LogP contribution in [0.25, 0.3) is 0 Å². The van der Waals surface area contributed by atoms with Gasteiger partial charge in [-0.2, -0.15) is 0 Å². The molecule has 5 heteroatoms. The van der Waals surface area contributed by atoms with Gasteiger partial charge in [0.05, 0.1) is 6.04 Å². The van der Waals surface area contributed by atoms with Crippen molar-refractivity contribution in [2.24, 2.45) is 5.73 Å². The van der Waals surface area contributed by atoms with Crippen molar-refractivity contribution in [2.45, 2.75) is 26.3 Å². The van der Waals surface area contributed by atoms with E-state index < -0.39 is 12.5 Å². The second-order valence-corrected chi connectivity index (χ2v) is 4.22. The molecule has 0 heterocycles. The van der Waals surface area contributed by atoms with Crippen LogP contribution in [0.3, 0.4) is 0 Å². The van der Waals surface area contributed by atoms with Crippen molar-refractivity contribution in [3.05, 3.63) is 27.2 Å². The van der Waals surface area contributed by atoms with Crippen LogP contribution < -0.4 is 5.73 Å². The molecule has 2 nitrogen and oxygen atoms in total. The number of halogens is 3. The smallest absolute Gasteiger partial charge is 0.257 e. The van der Waals surface area contributed by atoms with Crippen LogP contribution in [0.5, 0.6) is 5.75 Å². The molecular formula is C10H12BrF2NO. The minimum atomic E-state index is -2.69. The van der Waals surface area contributed by atoms with E-state index in [-0.39, 0.29) is 11.3 Å². The highest BCUT2D eigenvalue weighted by Crippen LogP contribution is 2.36. The molecule has 0 amide bonds. The summed E-state index contributed by atoms with van der Waals surface area (Å²) in [6.45, 7) is 3.42. The number of phenolic OH excluding ortho intramolecular Hbond substituents is 1. The lowest BCUT2D eigenvalue weighted by atomic mass is 9.98. The summed E-state index contributed by atoms with van der Waals surface area (Å²) in [6, 6.07) is -0.0313. The Balaban J connectivity index is 3.36. The number of phenols is 1. The molecular weight excluding hydrogens is 268 g/mol. The van der Waals surface area contributed by atoms with E-state index in [9.17, 15) is 13.9 Å². The minimum Gasteiger partial charge on any atom is -0.508 e. The Morgan fingerprint density at radius 3 is 2.40 bits per heavy atom. The summed E-state index contributed by atoms with van der Waals surface area (Å²) >= 11 is 3.27. The maximum Gasteiger partial charge on any atom is 0.257 e. The second-order valence-electron chi connectivity index (χ2n) is 3.43. The lowest BCUT2D eigenvalue weighted by Crippen LogP contribution is -2.20. The molecule has 0 fully saturated rings. The molecule has 15 heavy (non-hydrogen) atoms. The van der Waals surface area contributed by atoms with Crippen molar-refractivity contribution in [1.82, 2.24) is 0 Å². The monoisotopic (exact) mass is 279 g/mol. The lowest BCUT2D eigenvalue weighted by Gasteiger charge is -2.17. The summed E-state index contributed by atoms with van der Waals surface area (Å²) in [6.07, 6.45) is -2.69. The zero-order chi connectivity index (χ0) is 11.7. The number of rotatable bonds is 2. The fourth-order valence-electron chi connectivity index (χ4n) is 1.50. The highest BCUT2D eigenvalue weighted by atomic mass is 79.9. The zero-order valence-corrected chi connectivity index (χ0v) is 9.98. The fourth-order valence-corrected chi connectivity index (χ4v) is 1.83. The molecule has 0 aliphatic heterocycles. The number of nitrogens with two attached hydrogens (primary N) is 1. The molecule has 84 valence electrons. The van der Waals surface area contributed by atoms with Gasteiger partial charge in [0.1, 0.15) is 5.75 Å². The third kappa shape index (κ3) is 2.29. The van der Waals surface area contributed by atoms with Gasteiger partial charge in [-0.25, -0.2) is 8.78 Å². The predicted molar refractivity (Wildman–Crippen MR) is 58.2 cm³/mol. The number of aromatic hydroxyl groups is 1. The molecule has 0 aromatic heterocycles. The van der Waals surface area contributed by atoms with Crippen LogP contribution in [0, 0.1) is 13.8 Å². The van der Waals surface area contributed by atoms with E-state index in [0.29, 0.717) is 10.0 Å². The molecule has 0 saturated heterocycles. The quantitative estimate of drug-likeness (QED) is 0.874. The first-order valence-corrected chi connectivity index (χ1v) is 5.17. The zero-order valence-electron chi connectivity index (χ0n) is 8.39. The predicted octanol–water partition coefficient (Wildman–Crippen LogP) is 3.04. The molecule has 1 aromatic carbocycles. The first-order chi connectivity index (χ1) is 6.86. The third-order valence-electron chi connectivity index (χ3n) is 2.31. The van der Waals surface area contributed by atoms with Gasteiger partial charge in [0.2, 0.25) is 0 Å². The van der Waals surface area contributed by atoms with Gasteiger partial charge in [-0.1, -0.05) is 15.9 Å². The maximum absolute atomic E-state index is 12.5. The molecule has 1 aromatic rings. The Morgan fingerprint density at radius 2 is 1.93 bits per heavy atom. The first-order valence-electron chi connectivity index (χ1n) is 4.38. The topological polar surface area (TPSA) is 46.2 Å². The third-order valence-corrected chi connectivity index (χ3v) is 3.53. The van der Waals surface area contributed by atoms with E-state index in [1.54, 1.807) is 13.8 Å². The number of hydrogen-bond donors (Lipinski definition) is 2. The maximum atomic E-state index is 12.5. The number of hydrogen-bond acceptors (Lipinski definition) is 2. The normalized spacial score (nSPS) is 13.3. The Morgan fingerprint density at radius 1 is 1.40 bits per heavy atom. The van der Waals surface area contributed by atoms with Gasteiger partial charge in [0, 0.05) is 10.0 Å². The van der Waals surface area contributed by atoms with Crippen molar-refractivity contribution < 1.29 is 13.9 Å². The van der Waals surface area contributed by atoms with E-state index in [0.717, 1.165) is 5.56 Å². The van der Waals surface area contributed by atoms with E-state index in [2.05, 4.69) is 15.9 Å². The first kappa shape index (κ1) is 12.4. The summed E-state index contributed by atoms with van der Waals surface area (Å²) in [5.41, 5.74) is 6.77. The number of aryl methyl sites for hydroxylation is 1. The summed E-state index contributed by atoms with van der Waals surface area (Å²) in [5, 5.41) is 9.58. The van der Waals surface area contributed by atoms with Crippen molar-refractivity contribution in [1.29, 1.82) is 0 Å². The van der Waals surface area contributed by atoms with Crippen LogP contribution in [0.2, 0.25) is 0 Å². The molecule has 1 atom stereocenters. The van der Waals surface area contributed by atoms with E-state index >= 15 is 0 Å². The van der Waals surface area contributed by atoms with Crippen LogP contribution in [0.4, 0.5) is 8.78 Å². The van der Waals surface area contributed by atoms with Gasteiger partial charge in [-0.15, -0.1) is 0 Å². The molecule has 1 rings (SSSR count). The van der Waals surface area contributed by atoms with Gasteiger partial charge in [-0.05, 0) is 31.0 Å². The van der Waals surface area contributed by atoms with Crippen LogP contribution in [0.1, 0.15) is 22.7 Å². The standard InChI is InChI=1S/C10H12BrF2NO/c1-4-3-6(15)7(5(2)8(4)11)9(14)10(12)13/h3,9-10,15H,14H2,1-2H3/t9-/m1/s1. The Labute approximate surface area is 95.2 Å². The number of benzene rings is 1. The van der Waals surface area contributed by atoms with Gasteiger partial charge >= 0.3 is 0 Å². The molecule has 0 spiro atoms.